The predicted octanol–water partition coefficient (Wildman–Crippen LogP) is 1.06. The maximum atomic E-state index is 12.7. The third-order valence-electron chi connectivity index (χ3n) is 16.0. The first-order valence-corrected chi connectivity index (χ1v) is 17.7. The summed E-state index contributed by atoms with van der Waals surface area (Å²) in [6.45, 7) is 11.9. The van der Waals surface area contributed by atoms with Gasteiger partial charge < -0.3 is 54.7 Å². The first-order valence-electron chi connectivity index (χ1n) is 17.7. The Hall–Kier alpha value is -0.440. The number of aliphatic hydroxyl groups excluding tert-OH is 6. The van der Waals surface area contributed by atoms with Gasteiger partial charge in [-0.1, -0.05) is 27.7 Å². The maximum absolute atomic E-state index is 12.7. The van der Waals surface area contributed by atoms with Gasteiger partial charge in [-0.15, -0.1) is 0 Å². The number of hydrogen-bond donors (Lipinski definition) is 7. The second-order valence-corrected chi connectivity index (χ2v) is 18.3. The first-order chi connectivity index (χ1) is 21.4. The van der Waals surface area contributed by atoms with Crippen LogP contribution in [0.3, 0.4) is 0 Å². The van der Waals surface area contributed by atoms with E-state index >= 15 is 0 Å². The van der Waals surface area contributed by atoms with Crippen molar-refractivity contribution in [1.82, 2.24) is 0 Å². The van der Waals surface area contributed by atoms with Crippen LogP contribution in [0.15, 0.2) is 0 Å². The molecular weight excluding hydrogens is 596 g/mol. The van der Waals surface area contributed by atoms with Gasteiger partial charge in [0.1, 0.15) is 30.5 Å². The lowest BCUT2D eigenvalue weighted by Crippen LogP contribution is -2.64. The van der Waals surface area contributed by atoms with Crippen LogP contribution in [-0.2, 0) is 18.9 Å². The molecular formula is C35H56O11. The average Bonchev–Trinajstić information content (AvgIpc) is 3.48. The maximum Gasteiger partial charge on any atom is 0.199 e. The highest BCUT2D eigenvalue weighted by atomic mass is 16.8. The third kappa shape index (κ3) is 3.58. The Labute approximate surface area is 271 Å². The summed E-state index contributed by atoms with van der Waals surface area (Å²) in [6, 6.07) is 0. The topological polar surface area (TPSA) is 179 Å². The summed E-state index contributed by atoms with van der Waals surface area (Å²) in [6.07, 6.45) is -2.52. The molecule has 18 atom stereocenters. The van der Waals surface area contributed by atoms with Crippen molar-refractivity contribution >= 4 is 0 Å². The number of hydrogen-bond acceptors (Lipinski definition) is 11. The molecule has 3 heterocycles. The Morgan fingerprint density at radius 3 is 2.24 bits per heavy atom. The lowest BCUT2D eigenvalue weighted by atomic mass is 9.40. The highest BCUT2D eigenvalue weighted by Crippen LogP contribution is 2.90. The van der Waals surface area contributed by atoms with Crippen LogP contribution < -0.4 is 0 Å². The van der Waals surface area contributed by atoms with Crippen LogP contribution in [0.1, 0.15) is 86.5 Å². The highest BCUT2D eigenvalue weighted by Gasteiger charge is 2.90. The van der Waals surface area contributed by atoms with Gasteiger partial charge in [0, 0.05) is 23.4 Å². The summed E-state index contributed by atoms with van der Waals surface area (Å²) in [5.74, 6) is -1.73. The lowest BCUT2D eigenvalue weighted by Gasteiger charge is -2.65. The Kier molecular flexibility index (Phi) is 6.88. The van der Waals surface area contributed by atoms with Gasteiger partial charge in [0.25, 0.3) is 0 Å². The summed E-state index contributed by atoms with van der Waals surface area (Å²) >= 11 is 0. The van der Waals surface area contributed by atoms with Crippen molar-refractivity contribution in [3.63, 3.8) is 0 Å². The van der Waals surface area contributed by atoms with Crippen LogP contribution in [0.25, 0.3) is 0 Å². The first kappa shape index (κ1) is 32.7. The molecule has 5 saturated carbocycles. The summed E-state index contributed by atoms with van der Waals surface area (Å²) in [4.78, 5) is 0. The molecule has 3 aliphatic heterocycles. The zero-order valence-corrected chi connectivity index (χ0v) is 28.1. The molecule has 11 nitrogen and oxygen atoms in total. The molecule has 4 unspecified atom stereocenters. The van der Waals surface area contributed by atoms with Gasteiger partial charge >= 0.3 is 0 Å². The van der Waals surface area contributed by atoms with E-state index < -0.39 is 77.2 Å². The van der Waals surface area contributed by atoms with Crippen molar-refractivity contribution in [3.05, 3.63) is 0 Å². The molecule has 0 aromatic rings. The summed E-state index contributed by atoms with van der Waals surface area (Å²) in [7, 11) is 0. The minimum absolute atomic E-state index is 0.0383. The van der Waals surface area contributed by atoms with Crippen molar-refractivity contribution < 1.29 is 54.7 Å². The van der Waals surface area contributed by atoms with E-state index in [4.69, 9.17) is 18.9 Å². The monoisotopic (exact) mass is 652 g/mol. The second-order valence-electron chi connectivity index (χ2n) is 18.3. The molecule has 3 saturated heterocycles. The van der Waals surface area contributed by atoms with E-state index in [0.717, 1.165) is 32.1 Å². The Morgan fingerprint density at radius 2 is 1.57 bits per heavy atom. The minimum Gasteiger partial charge on any atom is -0.396 e. The molecule has 8 rings (SSSR count). The van der Waals surface area contributed by atoms with Gasteiger partial charge in [0.2, 0.25) is 0 Å². The van der Waals surface area contributed by atoms with Crippen LogP contribution in [0.4, 0.5) is 0 Å². The standard InChI is InChI=1S/C35H56O11/c1-29(2)19-7-8-20-31(5)28(41)35-25(16(13-36)11-18(45-35)26(46-35)30(3,4)42)32(31,6)21(38)12-34(20)15-33(19,34)10-9-22(29)44-27-24(40)23(39)17(37)14-43-27/h16-28,36-42H,7-15H2,1-6H3/t16-,17-,18-,19-,20-,21+,22-,23-,24+,25+,26-,27-,28?,31+,32+,33?,34?,35?/m0/s1. The minimum atomic E-state index is -1.42. The van der Waals surface area contributed by atoms with Crippen LogP contribution in [0, 0.1) is 50.7 Å². The molecule has 8 fully saturated rings. The average molecular weight is 653 g/mol. The number of fused-ring (bicyclic) bond motifs is 4. The number of ether oxygens (including phenoxy) is 4. The van der Waals surface area contributed by atoms with Crippen LogP contribution in [-0.4, -0.2) is 115 Å². The normalized spacial score (nSPS) is 61.6. The van der Waals surface area contributed by atoms with E-state index in [2.05, 4.69) is 27.7 Å². The quantitative estimate of drug-likeness (QED) is 0.216. The van der Waals surface area contributed by atoms with Gasteiger partial charge in [-0.2, -0.15) is 0 Å². The smallest absolute Gasteiger partial charge is 0.199 e. The van der Waals surface area contributed by atoms with Gasteiger partial charge in [-0.05, 0) is 92.8 Å². The van der Waals surface area contributed by atoms with Gasteiger partial charge in [0.15, 0.2) is 12.1 Å². The molecule has 5 aliphatic carbocycles. The largest absolute Gasteiger partial charge is 0.396 e. The van der Waals surface area contributed by atoms with Crippen molar-refractivity contribution in [1.29, 1.82) is 0 Å². The van der Waals surface area contributed by atoms with Crippen LogP contribution in [0.2, 0.25) is 0 Å². The molecule has 0 aromatic carbocycles. The third-order valence-corrected chi connectivity index (χ3v) is 16.0. The van der Waals surface area contributed by atoms with Crippen LogP contribution in [0.5, 0.6) is 0 Å². The van der Waals surface area contributed by atoms with Crippen LogP contribution >= 0.6 is 0 Å². The molecule has 0 aromatic heterocycles. The molecule has 11 heteroatoms. The second kappa shape index (κ2) is 9.66. The molecule has 46 heavy (non-hydrogen) atoms. The number of aliphatic hydroxyl groups is 7. The predicted molar refractivity (Wildman–Crippen MR) is 162 cm³/mol. The highest BCUT2D eigenvalue weighted by molar-refractivity contribution is 5.36. The van der Waals surface area contributed by atoms with E-state index in [0.29, 0.717) is 12.8 Å². The van der Waals surface area contributed by atoms with Crippen molar-refractivity contribution in [3.8, 4) is 0 Å². The van der Waals surface area contributed by atoms with E-state index in [1.807, 2.05) is 0 Å². The summed E-state index contributed by atoms with van der Waals surface area (Å²) < 4.78 is 25.5. The van der Waals surface area contributed by atoms with Gasteiger partial charge in [0.05, 0.1) is 30.5 Å². The molecule has 262 valence electrons. The Morgan fingerprint density at radius 1 is 0.870 bits per heavy atom. The fraction of sp³-hybridized carbons (Fsp3) is 1.00. The molecule has 0 amide bonds. The van der Waals surface area contributed by atoms with E-state index in [-0.39, 0.29) is 53.3 Å². The SMILES string of the molecule is CC(C)(O)[C@H]1OC23O[C@H]1C[C@@H](CO)[C@@H]2[C@@]1(C)[C@H](O)CC24CC25CC[C@H](O[C@@H]2OC[C@H](O)[C@H](O)[C@H]2O)C(C)(C)[C@@H]5CC[C@H]4[C@]1(C)C3O. The zero-order chi connectivity index (χ0) is 33.2. The van der Waals surface area contributed by atoms with Crippen molar-refractivity contribution in [2.75, 3.05) is 13.2 Å². The fourth-order valence-electron chi connectivity index (χ4n) is 13.9. The van der Waals surface area contributed by atoms with E-state index in [9.17, 15) is 35.7 Å². The number of rotatable bonds is 4. The summed E-state index contributed by atoms with van der Waals surface area (Å²) in [5.41, 5.74) is -3.28. The Bertz CT molecular complexity index is 1260. The zero-order valence-electron chi connectivity index (χ0n) is 28.1. The molecule has 3 spiro atoms. The summed E-state index contributed by atoms with van der Waals surface area (Å²) in [5, 5.41) is 77.8. The molecule has 0 radical (unpaired) electrons. The van der Waals surface area contributed by atoms with E-state index in [1.165, 1.54) is 0 Å². The lowest BCUT2D eigenvalue weighted by molar-refractivity contribution is -0.304. The fourth-order valence-corrected chi connectivity index (χ4v) is 13.9. The van der Waals surface area contributed by atoms with Gasteiger partial charge in [-0.25, -0.2) is 0 Å². The molecule has 2 bridgehead atoms. The van der Waals surface area contributed by atoms with E-state index in [1.54, 1.807) is 13.8 Å². The van der Waals surface area contributed by atoms with Gasteiger partial charge in [-0.3, -0.25) is 0 Å². The van der Waals surface area contributed by atoms with Crippen molar-refractivity contribution in [2.24, 2.45) is 50.7 Å². The molecule has 8 aliphatic rings. The molecule has 7 N–H and O–H groups in total. The van der Waals surface area contributed by atoms with Crippen molar-refractivity contribution in [2.45, 2.75) is 153 Å². The Balaban J connectivity index is 1.13.